The smallest absolute Gasteiger partial charge is 0.191 e. The predicted octanol–water partition coefficient (Wildman–Crippen LogP) is 1.08. The Kier molecular flexibility index (Phi) is 7.69. The number of aliphatic imine (C=N–C) groups is 1. The van der Waals surface area contributed by atoms with Crippen molar-refractivity contribution in [3.63, 3.8) is 0 Å². The average Bonchev–Trinajstić information content (AvgIpc) is 2.62. The van der Waals surface area contributed by atoms with Crippen LogP contribution in [0.4, 0.5) is 0 Å². The summed E-state index contributed by atoms with van der Waals surface area (Å²) < 4.78 is 10.5. The second-order valence-corrected chi connectivity index (χ2v) is 5.51. The van der Waals surface area contributed by atoms with Crippen LogP contribution in [0, 0.1) is 0 Å². The van der Waals surface area contributed by atoms with E-state index in [1.54, 1.807) is 14.2 Å². The van der Waals surface area contributed by atoms with Gasteiger partial charge >= 0.3 is 0 Å². The van der Waals surface area contributed by atoms with Crippen molar-refractivity contribution in [3.05, 3.63) is 29.8 Å². The molecule has 1 aliphatic heterocycles. The van der Waals surface area contributed by atoms with Gasteiger partial charge in [-0.05, 0) is 30.7 Å². The number of hydrogen-bond donors (Lipinski definition) is 2. The van der Waals surface area contributed by atoms with Crippen LogP contribution in [0.2, 0.25) is 0 Å². The molecule has 1 aromatic carbocycles. The molecule has 0 bridgehead atoms. The lowest BCUT2D eigenvalue weighted by atomic mass is 10.2. The van der Waals surface area contributed by atoms with E-state index in [0.717, 1.165) is 64.1 Å². The van der Waals surface area contributed by atoms with E-state index in [1.165, 1.54) is 5.56 Å². The number of guanidine groups is 1. The van der Waals surface area contributed by atoms with E-state index >= 15 is 0 Å². The highest BCUT2D eigenvalue weighted by atomic mass is 16.5. The second kappa shape index (κ2) is 10.1. The minimum atomic E-state index is 0.743. The van der Waals surface area contributed by atoms with Gasteiger partial charge < -0.3 is 20.1 Å². The van der Waals surface area contributed by atoms with Gasteiger partial charge in [-0.3, -0.25) is 9.89 Å². The fourth-order valence-electron chi connectivity index (χ4n) is 2.48. The number of rotatable bonds is 7. The van der Waals surface area contributed by atoms with Crippen LogP contribution in [0.15, 0.2) is 29.3 Å². The summed E-state index contributed by atoms with van der Waals surface area (Å²) in [4.78, 5) is 6.70. The Labute approximate surface area is 138 Å². The van der Waals surface area contributed by atoms with E-state index in [2.05, 4.69) is 32.7 Å². The van der Waals surface area contributed by atoms with Crippen molar-refractivity contribution >= 4 is 5.96 Å². The Bertz CT molecular complexity index is 470. The van der Waals surface area contributed by atoms with Crippen LogP contribution in [0.25, 0.3) is 0 Å². The Morgan fingerprint density at radius 1 is 1.22 bits per heavy atom. The molecule has 6 nitrogen and oxygen atoms in total. The Balaban J connectivity index is 1.62. The van der Waals surface area contributed by atoms with Crippen LogP contribution in [0.1, 0.15) is 12.0 Å². The Hall–Kier alpha value is -1.79. The van der Waals surface area contributed by atoms with Gasteiger partial charge in [0.15, 0.2) is 5.96 Å². The van der Waals surface area contributed by atoms with Gasteiger partial charge in [0.25, 0.3) is 0 Å². The molecule has 1 saturated heterocycles. The van der Waals surface area contributed by atoms with Crippen LogP contribution < -0.4 is 15.4 Å². The zero-order chi connectivity index (χ0) is 16.3. The molecular weight excluding hydrogens is 292 g/mol. The second-order valence-electron chi connectivity index (χ2n) is 5.51. The lowest BCUT2D eigenvalue weighted by Crippen LogP contribution is -2.40. The van der Waals surface area contributed by atoms with Gasteiger partial charge in [-0.25, -0.2) is 0 Å². The first-order valence-electron chi connectivity index (χ1n) is 8.19. The maximum atomic E-state index is 5.36. The molecule has 2 rings (SSSR count). The molecule has 1 heterocycles. The Morgan fingerprint density at radius 2 is 1.96 bits per heavy atom. The molecule has 1 fully saturated rings. The van der Waals surface area contributed by atoms with Gasteiger partial charge in [-0.15, -0.1) is 0 Å². The van der Waals surface area contributed by atoms with Gasteiger partial charge in [0.05, 0.1) is 20.3 Å². The van der Waals surface area contributed by atoms with Crippen molar-refractivity contribution in [3.8, 4) is 5.75 Å². The van der Waals surface area contributed by atoms with Gasteiger partial charge in [-0.1, -0.05) is 12.1 Å². The largest absolute Gasteiger partial charge is 0.497 e. The van der Waals surface area contributed by atoms with Crippen molar-refractivity contribution in [2.45, 2.75) is 13.0 Å². The molecule has 0 aromatic heterocycles. The highest BCUT2D eigenvalue weighted by molar-refractivity contribution is 5.79. The maximum Gasteiger partial charge on any atom is 0.191 e. The van der Waals surface area contributed by atoms with Gasteiger partial charge in [0, 0.05) is 33.2 Å². The molecular formula is C17H28N4O2. The number of methoxy groups -OCH3 is 1. The lowest BCUT2D eigenvalue weighted by molar-refractivity contribution is 0.0376. The summed E-state index contributed by atoms with van der Waals surface area (Å²) in [5.41, 5.74) is 1.20. The third kappa shape index (κ3) is 6.46. The van der Waals surface area contributed by atoms with Crippen molar-refractivity contribution in [1.29, 1.82) is 0 Å². The number of nitrogens with zero attached hydrogens (tertiary/aromatic N) is 2. The summed E-state index contributed by atoms with van der Waals surface area (Å²) in [6.07, 6.45) is 1.10. The molecule has 6 heteroatoms. The lowest BCUT2D eigenvalue weighted by Gasteiger charge is -2.26. The first kappa shape index (κ1) is 17.6. The average molecular weight is 320 g/mol. The molecule has 0 aliphatic carbocycles. The zero-order valence-corrected chi connectivity index (χ0v) is 14.2. The monoisotopic (exact) mass is 320 g/mol. The summed E-state index contributed by atoms with van der Waals surface area (Å²) in [5, 5.41) is 6.68. The standard InChI is InChI=1S/C17H28N4O2/c1-18-17(19-8-3-9-21-10-12-23-13-11-21)20-14-15-4-6-16(22-2)7-5-15/h4-7H,3,8-14H2,1-2H3,(H2,18,19,20). The highest BCUT2D eigenvalue weighted by Crippen LogP contribution is 2.10. The van der Waals surface area contributed by atoms with E-state index in [4.69, 9.17) is 9.47 Å². The molecule has 0 saturated carbocycles. The zero-order valence-electron chi connectivity index (χ0n) is 14.2. The summed E-state index contributed by atoms with van der Waals surface area (Å²) in [6.45, 7) is 6.57. The van der Waals surface area contributed by atoms with Crippen LogP contribution in [-0.2, 0) is 11.3 Å². The van der Waals surface area contributed by atoms with E-state index in [9.17, 15) is 0 Å². The number of benzene rings is 1. The molecule has 0 spiro atoms. The highest BCUT2D eigenvalue weighted by Gasteiger charge is 2.09. The molecule has 1 aliphatic rings. The van der Waals surface area contributed by atoms with E-state index < -0.39 is 0 Å². The van der Waals surface area contributed by atoms with Crippen molar-refractivity contribution in [1.82, 2.24) is 15.5 Å². The van der Waals surface area contributed by atoms with Gasteiger partial charge in [0.2, 0.25) is 0 Å². The molecule has 0 amide bonds. The molecule has 128 valence electrons. The molecule has 1 aromatic rings. The van der Waals surface area contributed by atoms with Crippen LogP contribution in [0.5, 0.6) is 5.75 Å². The summed E-state index contributed by atoms with van der Waals surface area (Å²) in [5.74, 6) is 1.71. The quantitative estimate of drug-likeness (QED) is 0.447. The first-order valence-corrected chi connectivity index (χ1v) is 8.19. The number of nitrogens with one attached hydrogen (secondary N) is 2. The van der Waals surface area contributed by atoms with Crippen molar-refractivity contribution in [2.75, 3.05) is 53.6 Å². The fraction of sp³-hybridized carbons (Fsp3) is 0.588. The summed E-state index contributed by atoms with van der Waals surface area (Å²) >= 11 is 0. The minimum Gasteiger partial charge on any atom is -0.497 e. The summed E-state index contributed by atoms with van der Waals surface area (Å²) in [7, 11) is 3.47. The number of ether oxygens (including phenoxy) is 2. The van der Waals surface area contributed by atoms with Gasteiger partial charge in [-0.2, -0.15) is 0 Å². The third-order valence-corrected chi connectivity index (χ3v) is 3.89. The van der Waals surface area contributed by atoms with Crippen LogP contribution in [-0.4, -0.2) is 64.4 Å². The molecule has 23 heavy (non-hydrogen) atoms. The minimum absolute atomic E-state index is 0.743. The Morgan fingerprint density at radius 3 is 2.61 bits per heavy atom. The van der Waals surface area contributed by atoms with Gasteiger partial charge in [0.1, 0.15) is 5.75 Å². The van der Waals surface area contributed by atoms with Crippen molar-refractivity contribution in [2.24, 2.45) is 4.99 Å². The first-order chi connectivity index (χ1) is 11.3. The van der Waals surface area contributed by atoms with E-state index in [0.29, 0.717) is 0 Å². The predicted molar refractivity (Wildman–Crippen MR) is 93.1 cm³/mol. The van der Waals surface area contributed by atoms with E-state index in [1.807, 2.05) is 12.1 Å². The third-order valence-electron chi connectivity index (χ3n) is 3.89. The topological polar surface area (TPSA) is 58.1 Å². The SMILES string of the molecule is CN=C(NCCCN1CCOCC1)NCc1ccc(OC)cc1. The normalized spacial score (nSPS) is 16.2. The van der Waals surface area contributed by atoms with Crippen molar-refractivity contribution < 1.29 is 9.47 Å². The maximum absolute atomic E-state index is 5.36. The molecule has 0 radical (unpaired) electrons. The molecule has 0 atom stereocenters. The summed E-state index contributed by atoms with van der Waals surface area (Å²) in [6, 6.07) is 8.04. The van der Waals surface area contributed by atoms with Crippen LogP contribution in [0.3, 0.4) is 0 Å². The number of morpholine rings is 1. The fourth-order valence-corrected chi connectivity index (χ4v) is 2.48. The van der Waals surface area contributed by atoms with E-state index in [-0.39, 0.29) is 0 Å². The molecule has 2 N–H and O–H groups in total. The molecule has 0 unspecified atom stereocenters. The van der Waals surface area contributed by atoms with Crippen LogP contribution >= 0.6 is 0 Å². The number of hydrogen-bond acceptors (Lipinski definition) is 4.